The molecule has 0 aromatic carbocycles. The van der Waals surface area contributed by atoms with Crippen molar-refractivity contribution in [2.24, 2.45) is 0 Å². The van der Waals surface area contributed by atoms with Gasteiger partial charge in [0.05, 0.1) is 0 Å². The van der Waals surface area contributed by atoms with Gasteiger partial charge in [-0.1, -0.05) is 0 Å². The first-order valence-corrected chi connectivity index (χ1v) is 5.08. The van der Waals surface area contributed by atoms with Gasteiger partial charge in [-0.15, -0.1) is 12.3 Å². The quantitative estimate of drug-likeness (QED) is 0.466. The number of carbonyl (C=O) groups excluding carboxylic acids is 1. The maximum Gasteiger partial charge on any atom is 0.315 e. The third kappa shape index (κ3) is 7.68. The van der Waals surface area contributed by atoms with Crippen molar-refractivity contribution in [3.8, 4) is 12.3 Å². The Kier molecular flexibility index (Phi) is 6.01. The molecule has 16 heavy (non-hydrogen) atoms. The van der Waals surface area contributed by atoms with Crippen molar-refractivity contribution in [3.05, 3.63) is 0 Å². The van der Waals surface area contributed by atoms with Gasteiger partial charge in [0.2, 0.25) is 0 Å². The molecule has 0 bridgehead atoms. The summed E-state index contributed by atoms with van der Waals surface area (Å²) in [6.45, 7) is 3.96. The molecule has 0 aliphatic rings. The number of hydrogen-bond donors (Lipinski definition) is 3. The lowest BCUT2D eigenvalue weighted by atomic mass is 9.99. The first kappa shape index (κ1) is 14.3. The smallest absolute Gasteiger partial charge is 0.315 e. The fraction of sp³-hybridized carbons (Fsp3) is 0.636. The van der Waals surface area contributed by atoms with Crippen molar-refractivity contribution < 1.29 is 14.7 Å². The van der Waals surface area contributed by atoms with Gasteiger partial charge in [0, 0.05) is 24.9 Å². The average Bonchev–Trinajstić information content (AvgIpc) is 2.15. The molecule has 0 unspecified atom stereocenters. The summed E-state index contributed by atoms with van der Waals surface area (Å²) in [4.78, 5) is 21.7. The zero-order chi connectivity index (χ0) is 12.6. The third-order valence-electron chi connectivity index (χ3n) is 1.97. The third-order valence-corrected chi connectivity index (χ3v) is 1.97. The highest BCUT2D eigenvalue weighted by Gasteiger charge is 2.20. The molecule has 0 aliphatic carbocycles. The largest absolute Gasteiger partial charge is 0.481 e. The molecule has 5 heteroatoms. The minimum atomic E-state index is -0.873. The van der Waals surface area contributed by atoms with E-state index in [1.807, 2.05) is 0 Å². The molecule has 0 radical (unpaired) electrons. The zero-order valence-electron chi connectivity index (χ0n) is 9.67. The molecule has 0 spiro atoms. The normalized spacial score (nSPS) is 10.3. The van der Waals surface area contributed by atoms with Crippen LogP contribution >= 0.6 is 0 Å². The number of aliphatic carboxylic acids is 1. The molecule has 0 saturated heterocycles. The average molecular weight is 226 g/mol. The second-order valence-corrected chi connectivity index (χ2v) is 4.11. The van der Waals surface area contributed by atoms with Gasteiger partial charge in [-0.25, -0.2) is 4.79 Å². The number of carboxylic acids is 1. The minimum absolute atomic E-state index is 0.0254. The molecule has 0 fully saturated rings. The second kappa shape index (κ2) is 6.72. The van der Waals surface area contributed by atoms with E-state index < -0.39 is 11.5 Å². The highest BCUT2D eigenvalue weighted by atomic mass is 16.4. The fourth-order valence-electron chi connectivity index (χ4n) is 1.08. The Morgan fingerprint density at radius 3 is 2.56 bits per heavy atom. The predicted octanol–water partition coefficient (Wildman–Crippen LogP) is 0.952. The van der Waals surface area contributed by atoms with E-state index in [1.54, 1.807) is 13.8 Å². The monoisotopic (exact) mass is 226 g/mol. The summed E-state index contributed by atoms with van der Waals surface area (Å²) in [5.74, 6) is 1.53. The first-order chi connectivity index (χ1) is 7.37. The van der Waals surface area contributed by atoms with Crippen LogP contribution in [-0.4, -0.2) is 29.2 Å². The predicted molar refractivity (Wildman–Crippen MR) is 60.9 cm³/mol. The van der Waals surface area contributed by atoms with Gasteiger partial charge in [0.25, 0.3) is 0 Å². The van der Waals surface area contributed by atoms with Crippen LogP contribution in [0, 0.1) is 12.3 Å². The van der Waals surface area contributed by atoms with Crippen molar-refractivity contribution in [3.63, 3.8) is 0 Å². The van der Waals surface area contributed by atoms with Gasteiger partial charge in [0.1, 0.15) is 0 Å². The van der Waals surface area contributed by atoms with Crippen LogP contribution in [-0.2, 0) is 4.79 Å². The first-order valence-electron chi connectivity index (χ1n) is 5.08. The van der Waals surface area contributed by atoms with Crippen LogP contribution in [0.25, 0.3) is 0 Å². The van der Waals surface area contributed by atoms with Crippen LogP contribution in [0.1, 0.15) is 33.1 Å². The molecule has 0 aromatic rings. The maximum atomic E-state index is 11.3. The molecular formula is C11H18N2O3. The van der Waals surface area contributed by atoms with Gasteiger partial charge < -0.3 is 15.7 Å². The molecular weight excluding hydrogens is 208 g/mol. The summed E-state index contributed by atoms with van der Waals surface area (Å²) in [7, 11) is 0. The van der Waals surface area contributed by atoms with Crippen LogP contribution in [0.4, 0.5) is 4.79 Å². The van der Waals surface area contributed by atoms with Gasteiger partial charge >= 0.3 is 12.0 Å². The van der Waals surface area contributed by atoms with Gasteiger partial charge in [-0.05, 0) is 20.3 Å². The molecule has 3 N–H and O–H groups in total. The molecule has 0 saturated carbocycles. The van der Waals surface area contributed by atoms with Crippen molar-refractivity contribution in [2.45, 2.75) is 38.6 Å². The summed E-state index contributed by atoms with van der Waals surface area (Å²) in [6.07, 6.45) is 5.92. The summed E-state index contributed by atoms with van der Waals surface area (Å²) in [6, 6.07) is -0.328. The molecule has 90 valence electrons. The lowest BCUT2D eigenvalue weighted by Gasteiger charge is -2.25. The van der Waals surface area contributed by atoms with Crippen molar-refractivity contribution >= 4 is 12.0 Å². The van der Waals surface area contributed by atoms with E-state index in [-0.39, 0.29) is 12.5 Å². The van der Waals surface area contributed by atoms with E-state index >= 15 is 0 Å². The van der Waals surface area contributed by atoms with Crippen molar-refractivity contribution in [1.29, 1.82) is 0 Å². The van der Waals surface area contributed by atoms with Crippen LogP contribution in [0.5, 0.6) is 0 Å². The second-order valence-electron chi connectivity index (χ2n) is 4.11. The SMILES string of the molecule is C#CCCNC(=O)NC(C)(C)CCC(=O)O. The van der Waals surface area contributed by atoms with Gasteiger partial charge in [0.15, 0.2) is 0 Å². The van der Waals surface area contributed by atoms with Crippen LogP contribution in [0.2, 0.25) is 0 Å². The van der Waals surface area contributed by atoms with E-state index in [0.29, 0.717) is 19.4 Å². The molecule has 0 atom stereocenters. The number of carbonyl (C=O) groups is 2. The number of nitrogens with one attached hydrogen (secondary N) is 2. The Labute approximate surface area is 95.6 Å². The number of urea groups is 1. The number of amides is 2. The maximum absolute atomic E-state index is 11.3. The Hall–Kier alpha value is -1.70. The van der Waals surface area contributed by atoms with E-state index in [9.17, 15) is 9.59 Å². The lowest BCUT2D eigenvalue weighted by molar-refractivity contribution is -0.137. The number of hydrogen-bond acceptors (Lipinski definition) is 2. The van der Waals surface area contributed by atoms with Gasteiger partial charge in [-0.2, -0.15) is 0 Å². The molecule has 0 aliphatic heterocycles. The summed E-state index contributed by atoms with van der Waals surface area (Å²) in [5.41, 5.74) is -0.543. The Bertz CT molecular complexity index is 292. The number of terminal acetylenes is 1. The van der Waals surface area contributed by atoms with Crippen LogP contribution in [0.3, 0.4) is 0 Å². The van der Waals surface area contributed by atoms with E-state index in [2.05, 4.69) is 16.6 Å². The van der Waals surface area contributed by atoms with Gasteiger partial charge in [-0.3, -0.25) is 4.79 Å². The number of rotatable bonds is 6. The van der Waals surface area contributed by atoms with Crippen molar-refractivity contribution in [1.82, 2.24) is 10.6 Å². The molecule has 5 nitrogen and oxygen atoms in total. The Balaban J connectivity index is 3.91. The fourth-order valence-corrected chi connectivity index (χ4v) is 1.08. The highest BCUT2D eigenvalue weighted by Crippen LogP contribution is 2.10. The molecule has 2 amide bonds. The minimum Gasteiger partial charge on any atom is -0.481 e. The van der Waals surface area contributed by atoms with Crippen LogP contribution < -0.4 is 10.6 Å². The zero-order valence-corrected chi connectivity index (χ0v) is 9.67. The standard InChI is InChI=1S/C11H18N2O3/c1-4-5-8-12-10(16)13-11(2,3)7-6-9(14)15/h1H,5-8H2,2-3H3,(H,14,15)(H2,12,13,16). The summed E-state index contributed by atoms with van der Waals surface area (Å²) < 4.78 is 0. The highest BCUT2D eigenvalue weighted by molar-refractivity contribution is 5.74. The van der Waals surface area contributed by atoms with E-state index in [0.717, 1.165) is 0 Å². The van der Waals surface area contributed by atoms with Crippen LogP contribution in [0.15, 0.2) is 0 Å². The molecule has 0 heterocycles. The number of carboxylic acid groups (broad SMARTS) is 1. The van der Waals surface area contributed by atoms with Crippen molar-refractivity contribution in [2.75, 3.05) is 6.54 Å². The summed E-state index contributed by atoms with van der Waals surface area (Å²) in [5, 5.41) is 13.8. The Morgan fingerprint density at radius 1 is 1.44 bits per heavy atom. The lowest BCUT2D eigenvalue weighted by Crippen LogP contribution is -2.48. The van der Waals surface area contributed by atoms with E-state index in [4.69, 9.17) is 11.5 Å². The molecule has 0 rings (SSSR count). The van der Waals surface area contributed by atoms with E-state index in [1.165, 1.54) is 0 Å². The Morgan fingerprint density at radius 2 is 2.06 bits per heavy atom. The topological polar surface area (TPSA) is 78.4 Å². The summed E-state index contributed by atoms with van der Waals surface area (Å²) >= 11 is 0. The molecule has 0 aromatic heterocycles.